The van der Waals surface area contributed by atoms with Crippen LogP contribution < -0.4 is 5.32 Å². The third kappa shape index (κ3) is 4.45. The van der Waals surface area contributed by atoms with Crippen LogP contribution in [0.4, 0.5) is 26.3 Å². The molecule has 35 heavy (non-hydrogen) atoms. The summed E-state index contributed by atoms with van der Waals surface area (Å²) in [5.74, 6) is -0.117. The van der Waals surface area contributed by atoms with E-state index >= 15 is 0 Å². The lowest BCUT2D eigenvalue weighted by Crippen LogP contribution is -2.43. The summed E-state index contributed by atoms with van der Waals surface area (Å²) < 4.78 is 82.8. The number of carbonyl (C=O) groups is 1. The van der Waals surface area contributed by atoms with Gasteiger partial charge in [0.1, 0.15) is 0 Å². The predicted molar refractivity (Wildman–Crippen MR) is 112 cm³/mol. The highest BCUT2D eigenvalue weighted by Gasteiger charge is 2.62. The van der Waals surface area contributed by atoms with E-state index in [-0.39, 0.29) is 17.7 Å². The highest BCUT2D eigenvalue weighted by atomic mass is 19.4. The zero-order valence-corrected chi connectivity index (χ0v) is 18.3. The molecule has 0 fully saturated rings. The summed E-state index contributed by atoms with van der Waals surface area (Å²) in [6.07, 6.45) is -9.39. The summed E-state index contributed by atoms with van der Waals surface area (Å²) in [5.41, 5.74) is -4.04. The van der Waals surface area contributed by atoms with E-state index in [0.29, 0.717) is 37.0 Å². The minimum Gasteiger partial charge on any atom is -0.374 e. The van der Waals surface area contributed by atoms with Crippen LogP contribution in [0, 0.1) is 11.3 Å². The van der Waals surface area contributed by atoms with E-state index in [1.165, 1.54) is 6.07 Å². The first-order valence-electron chi connectivity index (χ1n) is 10.7. The number of rotatable bonds is 4. The Morgan fingerprint density at radius 2 is 1.94 bits per heavy atom. The Kier molecular flexibility index (Phi) is 6.03. The van der Waals surface area contributed by atoms with Crippen molar-refractivity contribution < 1.29 is 36.0 Å². The molecule has 1 aliphatic heterocycles. The van der Waals surface area contributed by atoms with Gasteiger partial charge in [-0.15, -0.1) is 0 Å². The Morgan fingerprint density at radius 3 is 2.57 bits per heavy atom. The second-order valence-electron chi connectivity index (χ2n) is 8.47. The maximum atomic E-state index is 14.3. The van der Waals surface area contributed by atoms with Crippen LogP contribution in [-0.4, -0.2) is 17.8 Å². The zero-order chi connectivity index (χ0) is 25.6. The lowest BCUT2D eigenvalue weighted by Gasteiger charge is -2.30. The fraction of sp³-hybridized carbons (Fsp3) is 0.375. The monoisotopic (exact) mass is 495 g/mol. The number of amides is 1. The third-order valence-electron chi connectivity index (χ3n) is 6.25. The second-order valence-corrected chi connectivity index (χ2v) is 8.47. The molecular formula is C24H19F6N3O2. The van der Waals surface area contributed by atoms with Crippen molar-refractivity contribution in [3.63, 3.8) is 0 Å². The van der Waals surface area contributed by atoms with Crippen molar-refractivity contribution in [1.82, 2.24) is 5.32 Å². The van der Waals surface area contributed by atoms with E-state index in [1.807, 2.05) is 0 Å². The van der Waals surface area contributed by atoms with Crippen LogP contribution in [0.25, 0.3) is 0 Å². The molecule has 0 radical (unpaired) electrons. The molecule has 2 aromatic carbocycles. The van der Waals surface area contributed by atoms with Crippen LogP contribution in [0.3, 0.4) is 0 Å². The van der Waals surface area contributed by atoms with Crippen molar-refractivity contribution in [2.45, 2.75) is 56.6 Å². The third-order valence-corrected chi connectivity index (χ3v) is 6.25. The standard InChI is InChI=1S/C24H19F6N3O2/c1-2-21(34)32-19-6-4-14-9-15(3-5-18(14)19)20-11-22(35-33-20,24(28,29)30)16-7-13(12-31)8-17(10-16)23(25,26)27/h3,5,7-10,19H,2,4,6,11H2,1H3,(H,32,34). The first-order valence-corrected chi connectivity index (χ1v) is 10.7. The second kappa shape index (κ2) is 8.59. The lowest BCUT2D eigenvalue weighted by molar-refractivity contribution is -0.276. The number of halogens is 6. The average molecular weight is 495 g/mol. The van der Waals surface area contributed by atoms with Crippen LogP contribution >= 0.6 is 0 Å². The summed E-state index contributed by atoms with van der Waals surface area (Å²) in [4.78, 5) is 16.6. The summed E-state index contributed by atoms with van der Waals surface area (Å²) in [5, 5.41) is 15.6. The Labute approximate surface area is 196 Å². The average Bonchev–Trinajstić information content (AvgIpc) is 3.43. The SMILES string of the molecule is CCC(=O)NC1CCc2cc(C3=NOC(c4cc(C#N)cc(C(F)(F)F)c4)(C(F)(F)F)C3)ccc21. The maximum Gasteiger partial charge on any atom is 0.435 e. The number of carbonyl (C=O) groups excluding carboxylic acids is 1. The van der Waals surface area contributed by atoms with Crippen molar-refractivity contribution in [2.24, 2.45) is 5.16 Å². The highest BCUT2D eigenvalue weighted by molar-refractivity contribution is 6.02. The summed E-state index contributed by atoms with van der Waals surface area (Å²) in [6, 6.07) is 7.76. The van der Waals surface area contributed by atoms with Gasteiger partial charge >= 0.3 is 12.4 Å². The van der Waals surface area contributed by atoms with Crippen LogP contribution in [0.15, 0.2) is 41.6 Å². The molecule has 0 bridgehead atoms. The quantitative estimate of drug-likeness (QED) is 0.556. The van der Waals surface area contributed by atoms with E-state index in [0.717, 1.165) is 17.2 Å². The molecule has 0 saturated heterocycles. The van der Waals surface area contributed by atoms with E-state index in [2.05, 4.69) is 10.5 Å². The Balaban J connectivity index is 1.69. The first-order chi connectivity index (χ1) is 16.4. The van der Waals surface area contributed by atoms with Crippen LogP contribution in [0.5, 0.6) is 0 Å². The van der Waals surface area contributed by atoms with Crippen LogP contribution in [-0.2, 0) is 27.8 Å². The number of oxime groups is 1. The fourth-order valence-electron chi connectivity index (χ4n) is 4.39. The van der Waals surface area contributed by atoms with Gasteiger partial charge in [-0.3, -0.25) is 4.79 Å². The number of nitrogens with zero attached hydrogens (tertiary/aromatic N) is 2. The number of nitriles is 1. The molecule has 1 aliphatic carbocycles. The van der Waals surface area contributed by atoms with E-state index in [9.17, 15) is 31.1 Å². The van der Waals surface area contributed by atoms with Crippen LogP contribution in [0.1, 0.15) is 65.6 Å². The van der Waals surface area contributed by atoms with E-state index < -0.39 is 41.1 Å². The smallest absolute Gasteiger partial charge is 0.374 e. The van der Waals surface area contributed by atoms with Crippen molar-refractivity contribution in [3.05, 3.63) is 69.8 Å². The van der Waals surface area contributed by atoms with E-state index in [4.69, 9.17) is 10.1 Å². The Hall–Kier alpha value is -3.55. The number of aryl methyl sites for hydroxylation is 1. The summed E-state index contributed by atoms with van der Waals surface area (Å²) >= 11 is 0. The number of hydrogen-bond donors (Lipinski definition) is 1. The Morgan fingerprint density at radius 1 is 1.20 bits per heavy atom. The number of nitrogens with one attached hydrogen (secondary N) is 1. The predicted octanol–water partition coefficient (Wildman–Crippen LogP) is 5.67. The molecule has 2 atom stereocenters. The maximum absolute atomic E-state index is 14.3. The van der Waals surface area contributed by atoms with Gasteiger partial charge in [-0.2, -0.15) is 31.6 Å². The van der Waals surface area contributed by atoms with Gasteiger partial charge in [0.05, 0.1) is 28.9 Å². The first kappa shape index (κ1) is 24.6. The zero-order valence-electron chi connectivity index (χ0n) is 18.3. The molecule has 1 amide bonds. The molecule has 0 aromatic heterocycles. The molecule has 1 heterocycles. The summed E-state index contributed by atoms with van der Waals surface area (Å²) in [7, 11) is 0. The van der Waals surface area contributed by atoms with Crippen molar-refractivity contribution in [3.8, 4) is 6.07 Å². The molecule has 2 unspecified atom stereocenters. The van der Waals surface area contributed by atoms with Gasteiger partial charge in [0, 0.05) is 18.4 Å². The van der Waals surface area contributed by atoms with Crippen LogP contribution in [0.2, 0.25) is 0 Å². The molecule has 2 aliphatic rings. The molecule has 0 saturated carbocycles. The molecule has 184 valence electrons. The largest absolute Gasteiger partial charge is 0.435 e. The van der Waals surface area contributed by atoms with Crippen molar-refractivity contribution >= 4 is 11.6 Å². The fourth-order valence-corrected chi connectivity index (χ4v) is 4.39. The number of benzene rings is 2. The molecule has 1 N–H and O–H groups in total. The highest BCUT2D eigenvalue weighted by Crippen LogP contribution is 2.50. The van der Waals surface area contributed by atoms with E-state index in [1.54, 1.807) is 25.1 Å². The van der Waals surface area contributed by atoms with Gasteiger partial charge in [-0.1, -0.05) is 24.2 Å². The van der Waals surface area contributed by atoms with Gasteiger partial charge in [0.15, 0.2) is 0 Å². The van der Waals surface area contributed by atoms with Gasteiger partial charge < -0.3 is 10.2 Å². The minimum atomic E-state index is -5.12. The number of fused-ring (bicyclic) bond motifs is 1. The van der Waals surface area contributed by atoms with Gasteiger partial charge in [-0.25, -0.2) is 0 Å². The summed E-state index contributed by atoms with van der Waals surface area (Å²) in [6.45, 7) is 1.73. The van der Waals surface area contributed by atoms with Gasteiger partial charge in [0.2, 0.25) is 5.91 Å². The molecule has 11 heteroatoms. The van der Waals surface area contributed by atoms with Gasteiger partial charge in [-0.05, 0) is 53.8 Å². The molecular weight excluding hydrogens is 476 g/mol. The molecule has 5 nitrogen and oxygen atoms in total. The molecule has 2 aromatic rings. The lowest BCUT2D eigenvalue weighted by atomic mass is 9.84. The molecule has 0 spiro atoms. The van der Waals surface area contributed by atoms with Gasteiger partial charge in [0.25, 0.3) is 5.60 Å². The normalized spacial score (nSPS) is 21.7. The topological polar surface area (TPSA) is 74.5 Å². The van der Waals surface area contributed by atoms with Crippen molar-refractivity contribution in [2.75, 3.05) is 0 Å². The Bertz CT molecular complexity index is 1250. The molecule has 4 rings (SSSR count). The number of hydrogen-bond acceptors (Lipinski definition) is 4. The number of alkyl halides is 6. The van der Waals surface area contributed by atoms with Crippen molar-refractivity contribution in [1.29, 1.82) is 5.26 Å². The minimum absolute atomic E-state index is 0.0814.